The fourth-order valence-electron chi connectivity index (χ4n) is 2.81. The van der Waals surface area contributed by atoms with Gasteiger partial charge >= 0.3 is 0 Å². The van der Waals surface area contributed by atoms with Gasteiger partial charge in [-0.25, -0.2) is 4.98 Å². The summed E-state index contributed by atoms with van der Waals surface area (Å²) in [7, 11) is 7.74. The zero-order chi connectivity index (χ0) is 19.7. The zero-order valence-electron chi connectivity index (χ0n) is 16.1. The van der Waals surface area contributed by atoms with Gasteiger partial charge in [-0.1, -0.05) is 0 Å². The van der Waals surface area contributed by atoms with Crippen LogP contribution >= 0.6 is 11.3 Å². The lowest BCUT2D eigenvalue weighted by Gasteiger charge is -2.13. The Bertz CT molecular complexity index is 1030. The molecule has 1 amide bonds. The molecule has 0 spiro atoms. The Morgan fingerprint density at radius 3 is 2.44 bits per heavy atom. The van der Waals surface area contributed by atoms with Crippen molar-refractivity contribution >= 4 is 38.8 Å². The Morgan fingerprint density at radius 2 is 1.85 bits per heavy atom. The molecule has 2 N–H and O–H groups in total. The largest absolute Gasteiger partial charge is 0.378 e. The first kappa shape index (κ1) is 19.1. The Morgan fingerprint density at radius 1 is 1.19 bits per heavy atom. The number of thiophene rings is 1. The van der Waals surface area contributed by atoms with Gasteiger partial charge in [0.25, 0.3) is 11.5 Å². The summed E-state index contributed by atoms with van der Waals surface area (Å²) in [6.07, 6.45) is 0. The molecule has 27 heavy (non-hydrogen) atoms. The molecule has 0 radical (unpaired) electrons. The number of hydrogen-bond acceptors (Lipinski definition) is 6. The van der Waals surface area contributed by atoms with Crippen molar-refractivity contribution in [1.82, 2.24) is 14.9 Å². The molecule has 142 valence electrons. The van der Waals surface area contributed by atoms with Crippen LogP contribution < -0.4 is 15.8 Å². The van der Waals surface area contributed by atoms with Crippen molar-refractivity contribution in [2.75, 3.05) is 38.4 Å². The predicted octanol–water partition coefficient (Wildman–Crippen LogP) is 2.67. The van der Waals surface area contributed by atoms with E-state index in [1.165, 1.54) is 11.3 Å². The first-order valence-electron chi connectivity index (χ1n) is 8.52. The Labute approximate surface area is 161 Å². The number of rotatable bonds is 5. The molecule has 7 nitrogen and oxygen atoms in total. The molecule has 0 atom stereocenters. The van der Waals surface area contributed by atoms with Crippen LogP contribution in [0.4, 0.5) is 11.4 Å². The lowest BCUT2D eigenvalue weighted by molar-refractivity contribution is 0.103. The van der Waals surface area contributed by atoms with Crippen molar-refractivity contribution < 1.29 is 4.79 Å². The third kappa shape index (κ3) is 4.01. The minimum atomic E-state index is -0.235. The SMILES string of the molecule is Cc1c(C(=O)Nc2ccc(N(C)C)cc2)sc2nc(CN(C)C)[nH]c(=O)c12. The monoisotopic (exact) mass is 385 g/mol. The van der Waals surface area contributed by atoms with E-state index in [2.05, 4.69) is 15.3 Å². The normalized spacial score (nSPS) is 11.2. The van der Waals surface area contributed by atoms with Gasteiger partial charge in [0.2, 0.25) is 0 Å². The van der Waals surface area contributed by atoms with E-state index >= 15 is 0 Å². The number of aromatic amines is 1. The van der Waals surface area contributed by atoms with Crippen molar-refractivity contribution in [2.24, 2.45) is 0 Å². The molecule has 1 aromatic carbocycles. The van der Waals surface area contributed by atoms with Gasteiger partial charge in [-0.3, -0.25) is 9.59 Å². The number of nitrogens with one attached hydrogen (secondary N) is 2. The first-order chi connectivity index (χ1) is 12.8. The maximum absolute atomic E-state index is 12.7. The topological polar surface area (TPSA) is 81.3 Å². The second-order valence-electron chi connectivity index (χ2n) is 6.88. The first-order valence-corrected chi connectivity index (χ1v) is 9.33. The molecule has 0 aliphatic rings. The van der Waals surface area contributed by atoms with Gasteiger partial charge in [0.05, 0.1) is 16.8 Å². The summed E-state index contributed by atoms with van der Waals surface area (Å²) in [4.78, 5) is 37.5. The minimum absolute atomic E-state index is 0.208. The number of hydrogen-bond donors (Lipinski definition) is 2. The van der Waals surface area contributed by atoms with Gasteiger partial charge < -0.3 is 20.1 Å². The standard InChI is InChI=1S/C19H23N5O2S/c1-11-15-17(25)21-14(10-23(2)3)22-19(15)27-16(11)18(26)20-12-6-8-13(9-7-12)24(4)5/h6-9H,10H2,1-5H3,(H,20,26)(H,21,22,25). The fraction of sp³-hybridized carbons (Fsp3) is 0.316. The molecule has 0 aliphatic heterocycles. The van der Waals surface area contributed by atoms with E-state index in [1.54, 1.807) is 6.92 Å². The van der Waals surface area contributed by atoms with E-state index in [1.807, 2.05) is 62.3 Å². The lowest BCUT2D eigenvalue weighted by atomic mass is 10.2. The van der Waals surface area contributed by atoms with Gasteiger partial charge in [-0.2, -0.15) is 0 Å². The molecule has 0 bridgehead atoms. The molecule has 0 saturated heterocycles. The van der Waals surface area contributed by atoms with Crippen LogP contribution in [0.5, 0.6) is 0 Å². The second-order valence-corrected chi connectivity index (χ2v) is 7.88. The van der Waals surface area contributed by atoms with E-state index < -0.39 is 0 Å². The van der Waals surface area contributed by atoms with E-state index in [4.69, 9.17) is 0 Å². The number of nitrogens with zero attached hydrogens (tertiary/aromatic N) is 3. The number of carbonyl (C=O) groups is 1. The van der Waals surface area contributed by atoms with Crippen LogP contribution in [0.25, 0.3) is 10.2 Å². The highest BCUT2D eigenvalue weighted by Crippen LogP contribution is 2.28. The Balaban J connectivity index is 1.91. The molecule has 8 heteroatoms. The number of fused-ring (bicyclic) bond motifs is 1. The fourth-order valence-corrected chi connectivity index (χ4v) is 3.91. The van der Waals surface area contributed by atoms with E-state index in [0.29, 0.717) is 38.7 Å². The number of H-pyrrole nitrogens is 1. The molecule has 3 rings (SSSR count). The smallest absolute Gasteiger partial charge is 0.266 e. The molecular weight excluding hydrogens is 362 g/mol. The minimum Gasteiger partial charge on any atom is -0.378 e. The molecule has 2 heterocycles. The van der Waals surface area contributed by atoms with Crippen molar-refractivity contribution in [1.29, 1.82) is 0 Å². The van der Waals surface area contributed by atoms with Crippen molar-refractivity contribution in [2.45, 2.75) is 13.5 Å². The summed E-state index contributed by atoms with van der Waals surface area (Å²) in [6, 6.07) is 7.59. The second kappa shape index (κ2) is 7.50. The number of aryl methyl sites for hydroxylation is 1. The molecule has 0 unspecified atom stereocenters. The molecule has 3 aromatic rings. The van der Waals surface area contributed by atoms with Crippen LogP contribution in [0.3, 0.4) is 0 Å². The Kier molecular flexibility index (Phi) is 5.29. The molecular formula is C19H23N5O2S. The van der Waals surface area contributed by atoms with Crippen molar-refractivity contribution in [3.05, 3.63) is 50.9 Å². The van der Waals surface area contributed by atoms with Crippen molar-refractivity contribution in [3.8, 4) is 0 Å². The number of anilines is 2. The quantitative estimate of drug-likeness (QED) is 0.706. The average Bonchev–Trinajstić information content (AvgIpc) is 2.92. The van der Waals surface area contributed by atoms with Gasteiger partial charge in [0, 0.05) is 25.5 Å². The Hall–Kier alpha value is -2.71. The number of aromatic nitrogens is 2. The summed E-state index contributed by atoms with van der Waals surface area (Å²) in [5.74, 6) is 0.353. The van der Waals surface area contributed by atoms with E-state index in [0.717, 1.165) is 5.69 Å². The van der Waals surface area contributed by atoms with Crippen LogP contribution in [-0.4, -0.2) is 49.0 Å². The maximum atomic E-state index is 12.7. The predicted molar refractivity (Wildman–Crippen MR) is 111 cm³/mol. The molecule has 2 aromatic heterocycles. The molecule has 0 aliphatic carbocycles. The number of amides is 1. The highest BCUT2D eigenvalue weighted by Gasteiger charge is 2.19. The molecule has 0 fully saturated rings. The summed E-state index contributed by atoms with van der Waals surface area (Å²) < 4.78 is 0. The number of benzene rings is 1. The average molecular weight is 385 g/mol. The van der Waals surface area contributed by atoms with Gasteiger partial charge in [-0.05, 0) is 50.8 Å². The van der Waals surface area contributed by atoms with E-state index in [9.17, 15) is 9.59 Å². The lowest BCUT2D eigenvalue weighted by Crippen LogP contribution is -2.18. The van der Waals surface area contributed by atoms with Gasteiger partial charge in [-0.15, -0.1) is 11.3 Å². The van der Waals surface area contributed by atoms with Gasteiger partial charge in [0.15, 0.2) is 0 Å². The van der Waals surface area contributed by atoms with Crippen LogP contribution in [0, 0.1) is 6.92 Å². The summed E-state index contributed by atoms with van der Waals surface area (Å²) in [5, 5.41) is 3.38. The summed E-state index contributed by atoms with van der Waals surface area (Å²) in [6.45, 7) is 2.31. The van der Waals surface area contributed by atoms with E-state index in [-0.39, 0.29) is 11.5 Å². The number of carbonyl (C=O) groups excluding carboxylic acids is 1. The summed E-state index contributed by atoms with van der Waals surface area (Å²) in [5.41, 5.74) is 2.20. The van der Waals surface area contributed by atoms with Gasteiger partial charge in [0.1, 0.15) is 10.7 Å². The maximum Gasteiger partial charge on any atom is 0.266 e. The highest BCUT2D eigenvalue weighted by molar-refractivity contribution is 7.20. The van der Waals surface area contributed by atoms with Crippen molar-refractivity contribution in [3.63, 3.8) is 0 Å². The zero-order valence-corrected chi connectivity index (χ0v) is 16.9. The van der Waals surface area contributed by atoms with Crippen LogP contribution in [0.1, 0.15) is 21.1 Å². The van der Waals surface area contributed by atoms with Crippen LogP contribution in [0.15, 0.2) is 29.1 Å². The van der Waals surface area contributed by atoms with Crippen LogP contribution in [-0.2, 0) is 6.54 Å². The third-order valence-electron chi connectivity index (χ3n) is 4.16. The summed E-state index contributed by atoms with van der Waals surface area (Å²) >= 11 is 1.24. The highest BCUT2D eigenvalue weighted by atomic mass is 32.1. The third-order valence-corrected chi connectivity index (χ3v) is 5.35. The van der Waals surface area contributed by atoms with Crippen LogP contribution in [0.2, 0.25) is 0 Å². The molecule has 0 saturated carbocycles.